The van der Waals surface area contributed by atoms with Gasteiger partial charge in [0.05, 0.1) is 27.3 Å². The molecule has 0 atom stereocenters. The third kappa shape index (κ3) is 10.8. The van der Waals surface area contributed by atoms with Gasteiger partial charge in [-0.15, -0.1) is 0 Å². The molecule has 0 spiro atoms. The second-order valence-corrected chi connectivity index (χ2v) is 23.3. The number of nitrogens with one attached hydrogen (secondary N) is 2. The van der Waals surface area contributed by atoms with Crippen LogP contribution in [0.1, 0.15) is 91.0 Å². The molecule has 250 valence electrons. The normalized spacial score (nSPS) is 11.7. The summed E-state index contributed by atoms with van der Waals surface area (Å²) in [5, 5.41) is 24.9. The van der Waals surface area contributed by atoms with Gasteiger partial charge in [0.25, 0.3) is 11.8 Å². The second-order valence-electron chi connectivity index (χ2n) is 12.0. The van der Waals surface area contributed by atoms with Gasteiger partial charge in [-0.2, -0.15) is 0 Å². The number of aromatic carboxylic acids is 1. The Morgan fingerprint density at radius 1 is 0.667 bits per heavy atom. The standard InChI is InChI=1S/C34H54N2O7Si2/c1-7-44(8-2,9-3)21-13-19-35-32(37)29-17-15-27(23-26(29)25-42-41)43-28-16-18-30(31(24-28)34(39)40)33(38)36-20-14-22-45(10-4,11-5)12-6/h15-18,23-24,41H,7-14,19-22,25H2,1-6H3,(H,35,37)(H,36,38)(H,39,40). The average Bonchev–Trinajstić information content (AvgIpc) is 3.05. The van der Waals surface area contributed by atoms with Crippen molar-refractivity contribution in [1.29, 1.82) is 0 Å². The van der Waals surface area contributed by atoms with E-state index in [0.717, 1.165) is 18.9 Å². The van der Waals surface area contributed by atoms with E-state index in [1.165, 1.54) is 54.4 Å². The molecule has 0 aliphatic heterocycles. The maximum absolute atomic E-state index is 13.0. The number of hydrogen-bond donors (Lipinski definition) is 4. The van der Waals surface area contributed by atoms with Gasteiger partial charge in [-0.05, 0) is 54.8 Å². The number of amides is 2. The molecule has 2 rings (SSSR count). The summed E-state index contributed by atoms with van der Waals surface area (Å²) in [6, 6.07) is 18.8. The minimum absolute atomic E-state index is 0.0675. The first-order chi connectivity index (χ1) is 21.6. The number of hydrogen-bond acceptors (Lipinski definition) is 6. The monoisotopic (exact) mass is 658 g/mol. The molecule has 0 bridgehead atoms. The van der Waals surface area contributed by atoms with E-state index in [0.29, 0.717) is 30.0 Å². The molecule has 0 heterocycles. The Balaban J connectivity index is 2.10. The molecule has 11 heteroatoms. The highest BCUT2D eigenvalue weighted by atomic mass is 28.3. The van der Waals surface area contributed by atoms with Crippen LogP contribution in [0, 0.1) is 0 Å². The van der Waals surface area contributed by atoms with Crippen LogP contribution in [0.25, 0.3) is 0 Å². The fourth-order valence-electron chi connectivity index (χ4n) is 6.22. The molecule has 0 aliphatic rings. The lowest BCUT2D eigenvalue weighted by atomic mass is 10.1. The Morgan fingerprint density at radius 3 is 1.56 bits per heavy atom. The zero-order valence-corrected chi connectivity index (χ0v) is 30.1. The molecule has 0 radical (unpaired) electrons. The van der Waals surface area contributed by atoms with Gasteiger partial charge >= 0.3 is 5.97 Å². The van der Waals surface area contributed by atoms with Crippen molar-refractivity contribution in [2.75, 3.05) is 13.1 Å². The fourth-order valence-corrected chi connectivity index (χ4v) is 13.2. The summed E-state index contributed by atoms with van der Waals surface area (Å²) >= 11 is 0. The number of carbonyl (C=O) groups is 3. The highest BCUT2D eigenvalue weighted by Gasteiger charge is 2.27. The molecule has 0 unspecified atom stereocenters. The van der Waals surface area contributed by atoms with Crippen molar-refractivity contribution >= 4 is 33.9 Å². The lowest BCUT2D eigenvalue weighted by molar-refractivity contribution is -0.253. The lowest BCUT2D eigenvalue weighted by Gasteiger charge is -2.28. The summed E-state index contributed by atoms with van der Waals surface area (Å²) < 4.78 is 5.92. The van der Waals surface area contributed by atoms with E-state index < -0.39 is 28.0 Å². The van der Waals surface area contributed by atoms with Crippen LogP contribution < -0.4 is 15.4 Å². The van der Waals surface area contributed by atoms with Gasteiger partial charge < -0.3 is 20.5 Å². The molecule has 9 nitrogen and oxygen atoms in total. The quantitative estimate of drug-likeness (QED) is 0.0458. The third-order valence-corrected chi connectivity index (χ3v) is 21.9. The van der Waals surface area contributed by atoms with E-state index >= 15 is 0 Å². The first-order valence-electron chi connectivity index (χ1n) is 16.6. The second kappa shape index (κ2) is 18.8. The van der Waals surface area contributed by atoms with Crippen molar-refractivity contribution in [2.45, 2.75) is 109 Å². The van der Waals surface area contributed by atoms with Crippen LogP contribution >= 0.6 is 0 Å². The number of rotatable bonds is 21. The van der Waals surface area contributed by atoms with E-state index in [2.05, 4.69) is 57.1 Å². The topological polar surface area (TPSA) is 134 Å². The van der Waals surface area contributed by atoms with Crippen molar-refractivity contribution in [3.05, 3.63) is 58.7 Å². The number of ether oxygens (including phenoxy) is 1. The van der Waals surface area contributed by atoms with Gasteiger partial charge in [0, 0.05) is 18.7 Å². The predicted molar refractivity (Wildman–Crippen MR) is 185 cm³/mol. The number of carboxylic acids is 1. The van der Waals surface area contributed by atoms with Crippen LogP contribution in [0.2, 0.25) is 48.4 Å². The SMILES string of the molecule is CC[Si](CC)(CC)CCCNC(=O)c1ccc(Oc2ccc(C(=O)NCCC[Si](CC)(CC)CC)c(C(=O)O)c2)cc1COO. The number of benzene rings is 2. The summed E-state index contributed by atoms with van der Waals surface area (Å²) in [4.78, 5) is 42.3. The zero-order chi connectivity index (χ0) is 33.5. The predicted octanol–water partition coefficient (Wildman–Crippen LogP) is 8.42. The fraction of sp³-hybridized carbons (Fsp3) is 0.559. The average molecular weight is 659 g/mol. The van der Waals surface area contributed by atoms with E-state index in [9.17, 15) is 19.5 Å². The number of carboxylic acid groups (broad SMARTS) is 1. The molecule has 2 aromatic carbocycles. The van der Waals surface area contributed by atoms with Gasteiger partial charge in [0.1, 0.15) is 18.1 Å². The smallest absolute Gasteiger partial charge is 0.336 e. The van der Waals surface area contributed by atoms with E-state index in [-0.39, 0.29) is 29.4 Å². The molecule has 0 saturated heterocycles. The lowest BCUT2D eigenvalue weighted by Crippen LogP contribution is -2.33. The zero-order valence-electron chi connectivity index (χ0n) is 28.1. The summed E-state index contributed by atoms with van der Waals surface area (Å²) in [7, 11) is -2.54. The van der Waals surface area contributed by atoms with Gasteiger partial charge in [-0.3, -0.25) is 14.8 Å². The highest BCUT2D eigenvalue weighted by molar-refractivity contribution is 6.80. The Bertz CT molecular complexity index is 1250. The largest absolute Gasteiger partial charge is 0.478 e. The Labute approximate surface area is 271 Å². The molecule has 0 saturated carbocycles. The van der Waals surface area contributed by atoms with Crippen LogP contribution in [0.5, 0.6) is 11.5 Å². The summed E-state index contributed by atoms with van der Waals surface area (Å²) in [5.74, 6) is -1.39. The molecular formula is C34H54N2O7Si2. The maximum atomic E-state index is 13.0. The first kappa shape index (κ1) is 38.2. The van der Waals surface area contributed by atoms with E-state index in [4.69, 9.17) is 9.99 Å². The highest BCUT2D eigenvalue weighted by Crippen LogP contribution is 2.29. The maximum Gasteiger partial charge on any atom is 0.336 e. The van der Waals surface area contributed by atoms with E-state index in [1.807, 2.05) is 0 Å². The molecule has 0 aliphatic carbocycles. The van der Waals surface area contributed by atoms with Crippen molar-refractivity contribution in [3.63, 3.8) is 0 Å². The summed E-state index contributed by atoms with van der Waals surface area (Å²) in [6.07, 6.45) is 1.81. The Kier molecular flexibility index (Phi) is 16.0. The molecule has 45 heavy (non-hydrogen) atoms. The van der Waals surface area contributed by atoms with Gasteiger partial charge in [-0.25, -0.2) is 9.68 Å². The Morgan fingerprint density at radius 2 is 1.11 bits per heavy atom. The molecule has 0 fully saturated rings. The molecule has 2 amide bonds. The molecular weight excluding hydrogens is 605 g/mol. The van der Waals surface area contributed by atoms with E-state index in [1.54, 1.807) is 24.3 Å². The first-order valence-corrected chi connectivity index (χ1v) is 22.2. The molecule has 0 aromatic heterocycles. The molecule has 4 N–H and O–H groups in total. The molecule has 2 aromatic rings. The van der Waals surface area contributed by atoms with Crippen LogP contribution in [-0.4, -0.2) is 57.4 Å². The van der Waals surface area contributed by atoms with Crippen molar-refractivity contribution in [3.8, 4) is 11.5 Å². The van der Waals surface area contributed by atoms with Crippen molar-refractivity contribution in [2.24, 2.45) is 0 Å². The van der Waals surface area contributed by atoms with Crippen LogP contribution in [0.15, 0.2) is 36.4 Å². The number of carbonyl (C=O) groups excluding carboxylic acids is 2. The van der Waals surface area contributed by atoms with Crippen molar-refractivity contribution < 1.29 is 34.4 Å². The van der Waals surface area contributed by atoms with Crippen LogP contribution in [-0.2, 0) is 11.5 Å². The third-order valence-electron chi connectivity index (χ3n) is 10.1. The van der Waals surface area contributed by atoms with Crippen LogP contribution in [0.3, 0.4) is 0 Å². The van der Waals surface area contributed by atoms with Crippen molar-refractivity contribution in [1.82, 2.24) is 10.6 Å². The summed E-state index contributed by atoms with van der Waals surface area (Å²) in [6.45, 7) is 14.4. The summed E-state index contributed by atoms with van der Waals surface area (Å²) in [5.41, 5.74) is 0.678. The Hall–Kier alpha value is -3.00. The minimum atomic E-state index is -1.28. The van der Waals surface area contributed by atoms with Crippen LogP contribution in [0.4, 0.5) is 0 Å². The minimum Gasteiger partial charge on any atom is -0.478 e. The van der Waals surface area contributed by atoms with Gasteiger partial charge in [-0.1, -0.05) is 89.9 Å². The van der Waals surface area contributed by atoms with Gasteiger partial charge in [0.15, 0.2) is 0 Å². The van der Waals surface area contributed by atoms with Gasteiger partial charge in [0.2, 0.25) is 0 Å².